The third-order valence-corrected chi connectivity index (χ3v) is 4.68. The molecule has 0 bridgehead atoms. The summed E-state index contributed by atoms with van der Waals surface area (Å²) in [6.45, 7) is 5.94. The van der Waals surface area contributed by atoms with Crippen LogP contribution in [0, 0.1) is 13.8 Å². The van der Waals surface area contributed by atoms with Crippen molar-refractivity contribution < 1.29 is 19.1 Å². The van der Waals surface area contributed by atoms with Gasteiger partial charge >= 0.3 is 0 Å². The Morgan fingerprint density at radius 3 is 2.32 bits per heavy atom. The van der Waals surface area contributed by atoms with Gasteiger partial charge in [-0.2, -0.15) is 0 Å². The fraction of sp³-hybridized carbons (Fsp3) is 0.200. The first-order valence-corrected chi connectivity index (χ1v) is 10.0. The Balaban J connectivity index is 1.48. The van der Waals surface area contributed by atoms with Gasteiger partial charge in [0, 0.05) is 5.56 Å². The molecule has 0 saturated heterocycles. The van der Waals surface area contributed by atoms with Crippen molar-refractivity contribution in [1.29, 1.82) is 0 Å². The first-order chi connectivity index (χ1) is 14.9. The Labute approximate surface area is 182 Å². The van der Waals surface area contributed by atoms with Crippen molar-refractivity contribution in [3.8, 4) is 11.5 Å². The van der Waals surface area contributed by atoms with Crippen LogP contribution in [0.3, 0.4) is 0 Å². The lowest BCUT2D eigenvalue weighted by atomic mass is 10.1. The molecule has 3 aromatic rings. The average Bonchev–Trinajstić information content (AvgIpc) is 2.79. The first-order valence-electron chi connectivity index (χ1n) is 10.0. The molecule has 0 aliphatic rings. The third kappa shape index (κ3) is 6.34. The SMILES string of the molecule is Cc1ccc(C)c(OC(C)C(=O)NNC(=O)c2ccc(OCc3ccccc3)cc2)c1. The van der Waals surface area contributed by atoms with Gasteiger partial charge in [-0.25, -0.2) is 0 Å². The maximum absolute atomic E-state index is 12.3. The van der Waals surface area contributed by atoms with E-state index in [4.69, 9.17) is 9.47 Å². The number of carbonyl (C=O) groups is 2. The molecule has 0 fully saturated rings. The van der Waals surface area contributed by atoms with E-state index in [-0.39, 0.29) is 0 Å². The number of amides is 2. The number of carbonyl (C=O) groups excluding carboxylic acids is 2. The van der Waals surface area contributed by atoms with E-state index in [0.717, 1.165) is 16.7 Å². The molecule has 3 aromatic carbocycles. The van der Waals surface area contributed by atoms with Gasteiger partial charge in [0.05, 0.1) is 0 Å². The molecule has 0 aliphatic carbocycles. The van der Waals surface area contributed by atoms with E-state index >= 15 is 0 Å². The zero-order valence-electron chi connectivity index (χ0n) is 17.8. The second-order valence-corrected chi connectivity index (χ2v) is 7.27. The quantitative estimate of drug-likeness (QED) is 0.566. The van der Waals surface area contributed by atoms with Crippen LogP contribution in [0.25, 0.3) is 0 Å². The number of nitrogens with one attached hydrogen (secondary N) is 2. The van der Waals surface area contributed by atoms with Gasteiger partial charge in [-0.05, 0) is 67.8 Å². The predicted octanol–water partition coefficient (Wildman–Crippen LogP) is 4.11. The van der Waals surface area contributed by atoms with E-state index in [9.17, 15) is 9.59 Å². The summed E-state index contributed by atoms with van der Waals surface area (Å²) >= 11 is 0. The van der Waals surface area contributed by atoms with Crippen LogP contribution in [0.2, 0.25) is 0 Å². The second-order valence-electron chi connectivity index (χ2n) is 7.27. The van der Waals surface area contributed by atoms with Crippen LogP contribution in [-0.2, 0) is 11.4 Å². The van der Waals surface area contributed by atoms with Crippen molar-refractivity contribution in [2.24, 2.45) is 0 Å². The molecule has 31 heavy (non-hydrogen) atoms. The molecule has 0 radical (unpaired) electrons. The summed E-state index contributed by atoms with van der Waals surface area (Å²) in [5.74, 6) is 0.416. The maximum Gasteiger partial charge on any atom is 0.279 e. The summed E-state index contributed by atoms with van der Waals surface area (Å²) in [7, 11) is 0. The topological polar surface area (TPSA) is 76.7 Å². The minimum Gasteiger partial charge on any atom is -0.489 e. The van der Waals surface area contributed by atoms with Crippen LogP contribution in [0.4, 0.5) is 0 Å². The average molecular weight is 418 g/mol. The van der Waals surface area contributed by atoms with Gasteiger partial charge < -0.3 is 9.47 Å². The van der Waals surface area contributed by atoms with Crippen LogP contribution in [0.1, 0.15) is 34.0 Å². The number of hydrogen-bond acceptors (Lipinski definition) is 4. The Morgan fingerprint density at radius 1 is 0.903 bits per heavy atom. The minimum atomic E-state index is -0.769. The van der Waals surface area contributed by atoms with E-state index in [1.165, 1.54) is 0 Å². The fourth-order valence-electron chi connectivity index (χ4n) is 2.81. The monoisotopic (exact) mass is 418 g/mol. The molecule has 3 rings (SSSR count). The Bertz CT molecular complexity index is 1030. The van der Waals surface area contributed by atoms with Gasteiger partial charge in [-0.1, -0.05) is 42.5 Å². The third-order valence-electron chi connectivity index (χ3n) is 4.68. The van der Waals surface area contributed by atoms with Gasteiger partial charge in [0.2, 0.25) is 0 Å². The molecule has 2 amide bonds. The smallest absolute Gasteiger partial charge is 0.279 e. The highest BCUT2D eigenvalue weighted by atomic mass is 16.5. The molecule has 0 spiro atoms. The van der Waals surface area contributed by atoms with E-state index in [2.05, 4.69) is 10.9 Å². The van der Waals surface area contributed by atoms with Crippen molar-refractivity contribution in [1.82, 2.24) is 10.9 Å². The summed E-state index contributed by atoms with van der Waals surface area (Å²) in [5.41, 5.74) is 8.24. The van der Waals surface area contributed by atoms with Gasteiger partial charge in [0.1, 0.15) is 18.1 Å². The van der Waals surface area contributed by atoms with E-state index in [1.54, 1.807) is 31.2 Å². The van der Waals surface area contributed by atoms with Crippen molar-refractivity contribution >= 4 is 11.8 Å². The lowest BCUT2D eigenvalue weighted by Gasteiger charge is -2.17. The highest BCUT2D eigenvalue weighted by molar-refractivity contribution is 5.95. The zero-order valence-corrected chi connectivity index (χ0v) is 17.8. The highest BCUT2D eigenvalue weighted by Crippen LogP contribution is 2.20. The second kappa shape index (κ2) is 10.3. The molecular formula is C25H26N2O4. The largest absolute Gasteiger partial charge is 0.489 e. The number of rotatable bonds is 7. The van der Waals surface area contributed by atoms with Gasteiger partial charge in [0.25, 0.3) is 11.8 Å². The summed E-state index contributed by atoms with van der Waals surface area (Å²) < 4.78 is 11.4. The van der Waals surface area contributed by atoms with Crippen molar-refractivity contribution in [3.63, 3.8) is 0 Å². The van der Waals surface area contributed by atoms with Crippen LogP contribution in [0.5, 0.6) is 11.5 Å². The molecule has 160 valence electrons. The standard InChI is InChI=1S/C25H26N2O4/c1-17-9-10-18(2)23(15-17)31-19(3)24(28)26-27-25(29)21-11-13-22(14-12-21)30-16-20-7-5-4-6-8-20/h4-15,19H,16H2,1-3H3,(H,26,28)(H,27,29). The molecular weight excluding hydrogens is 392 g/mol. The van der Waals surface area contributed by atoms with Crippen LogP contribution in [0.15, 0.2) is 72.8 Å². The molecule has 0 aliphatic heterocycles. The number of ether oxygens (including phenoxy) is 2. The molecule has 1 unspecified atom stereocenters. The predicted molar refractivity (Wildman–Crippen MR) is 119 cm³/mol. The van der Waals surface area contributed by atoms with Gasteiger partial charge in [-0.15, -0.1) is 0 Å². The van der Waals surface area contributed by atoms with Crippen molar-refractivity contribution in [2.45, 2.75) is 33.5 Å². The number of hydrazine groups is 1. The van der Waals surface area contributed by atoms with Gasteiger partial charge in [0.15, 0.2) is 6.10 Å². The summed E-state index contributed by atoms with van der Waals surface area (Å²) in [6.07, 6.45) is -0.769. The molecule has 6 heteroatoms. The summed E-state index contributed by atoms with van der Waals surface area (Å²) in [5, 5.41) is 0. The Morgan fingerprint density at radius 2 is 1.61 bits per heavy atom. The molecule has 0 aromatic heterocycles. The zero-order chi connectivity index (χ0) is 22.2. The van der Waals surface area contributed by atoms with E-state index in [1.807, 2.05) is 62.4 Å². The van der Waals surface area contributed by atoms with E-state index < -0.39 is 17.9 Å². The van der Waals surface area contributed by atoms with Crippen LogP contribution in [-0.4, -0.2) is 17.9 Å². The van der Waals surface area contributed by atoms with Crippen LogP contribution >= 0.6 is 0 Å². The number of hydrogen-bond donors (Lipinski definition) is 2. The Kier molecular flexibility index (Phi) is 7.27. The lowest BCUT2D eigenvalue weighted by Crippen LogP contribution is -2.47. The maximum atomic E-state index is 12.3. The first kappa shape index (κ1) is 21.9. The molecule has 0 heterocycles. The highest BCUT2D eigenvalue weighted by Gasteiger charge is 2.17. The summed E-state index contributed by atoms with van der Waals surface area (Å²) in [4.78, 5) is 24.6. The van der Waals surface area contributed by atoms with Crippen molar-refractivity contribution in [3.05, 3.63) is 95.1 Å². The summed E-state index contributed by atoms with van der Waals surface area (Å²) in [6, 6.07) is 22.3. The molecule has 1 atom stereocenters. The Hall–Kier alpha value is -3.80. The van der Waals surface area contributed by atoms with E-state index in [0.29, 0.717) is 23.7 Å². The van der Waals surface area contributed by atoms with Gasteiger partial charge in [-0.3, -0.25) is 20.4 Å². The minimum absolute atomic E-state index is 0.399. The number of benzene rings is 3. The molecule has 2 N–H and O–H groups in total. The lowest BCUT2D eigenvalue weighted by molar-refractivity contribution is -0.128. The fourth-order valence-corrected chi connectivity index (χ4v) is 2.81. The molecule has 6 nitrogen and oxygen atoms in total. The van der Waals surface area contributed by atoms with Crippen molar-refractivity contribution in [2.75, 3.05) is 0 Å². The molecule has 0 saturated carbocycles. The van der Waals surface area contributed by atoms with Crippen LogP contribution < -0.4 is 20.3 Å². The normalized spacial score (nSPS) is 11.3. The number of aryl methyl sites for hydroxylation is 2.